The van der Waals surface area contributed by atoms with E-state index in [4.69, 9.17) is 18.9 Å². The number of thiol groups is 1. The van der Waals surface area contributed by atoms with Crippen molar-refractivity contribution in [2.24, 2.45) is 0 Å². The molecule has 0 aliphatic rings. The Morgan fingerprint density at radius 3 is 1.53 bits per heavy atom. The van der Waals surface area contributed by atoms with Gasteiger partial charge in [0.25, 0.3) is 11.8 Å². The standard InChI is InChI=1S/C32H39N3O7S/c1-39-24-12-10-22(18-26(24)41-3)14-16-33-31(37)29(35-30(36)28(43)20-21-8-6-5-7-9-21)32(38)34-17-15-23-11-13-25(40-2)27(19-23)42-4/h5-13,18-19,28-29,43H,14-17,20H2,1-4H3,(H,33,37)(H,34,38)(H,35,36)/t28-/m0/s1. The molecular weight excluding hydrogens is 570 g/mol. The van der Waals surface area contributed by atoms with E-state index in [1.165, 1.54) is 0 Å². The third kappa shape index (κ3) is 9.85. The third-order valence-corrected chi connectivity index (χ3v) is 7.12. The van der Waals surface area contributed by atoms with E-state index in [1.54, 1.807) is 40.6 Å². The topological polar surface area (TPSA) is 124 Å². The Labute approximate surface area is 257 Å². The van der Waals surface area contributed by atoms with E-state index >= 15 is 0 Å². The largest absolute Gasteiger partial charge is 0.493 e. The van der Waals surface area contributed by atoms with Gasteiger partial charge in [-0.15, -0.1) is 0 Å². The zero-order valence-electron chi connectivity index (χ0n) is 24.8. The summed E-state index contributed by atoms with van der Waals surface area (Å²) >= 11 is 4.43. The van der Waals surface area contributed by atoms with Crippen LogP contribution in [0.5, 0.6) is 23.0 Å². The van der Waals surface area contributed by atoms with Crippen molar-refractivity contribution >= 4 is 30.4 Å². The fraction of sp³-hybridized carbons (Fsp3) is 0.344. The number of hydrogen-bond donors (Lipinski definition) is 4. The highest BCUT2D eigenvalue weighted by molar-refractivity contribution is 7.81. The predicted octanol–water partition coefficient (Wildman–Crippen LogP) is 2.76. The van der Waals surface area contributed by atoms with Crippen molar-refractivity contribution in [1.82, 2.24) is 16.0 Å². The summed E-state index contributed by atoms with van der Waals surface area (Å²) in [6.45, 7) is 0.460. The summed E-state index contributed by atoms with van der Waals surface area (Å²) in [6.07, 6.45) is 1.28. The molecule has 0 fully saturated rings. The smallest absolute Gasteiger partial charge is 0.252 e. The van der Waals surface area contributed by atoms with Crippen molar-refractivity contribution < 1.29 is 33.3 Å². The molecule has 43 heavy (non-hydrogen) atoms. The Kier molecular flexibility index (Phi) is 13.0. The lowest BCUT2D eigenvalue weighted by Gasteiger charge is -2.20. The number of amides is 3. The quantitative estimate of drug-likeness (QED) is 0.146. The normalized spacial score (nSPS) is 11.3. The Balaban J connectivity index is 1.65. The molecule has 0 unspecified atom stereocenters. The molecule has 0 aromatic heterocycles. The molecule has 3 N–H and O–H groups in total. The molecule has 0 radical (unpaired) electrons. The molecule has 0 bridgehead atoms. The van der Waals surface area contributed by atoms with Crippen LogP contribution in [0.15, 0.2) is 66.7 Å². The molecule has 10 nitrogen and oxygen atoms in total. The lowest BCUT2D eigenvalue weighted by molar-refractivity contribution is -0.136. The highest BCUT2D eigenvalue weighted by Crippen LogP contribution is 2.28. The van der Waals surface area contributed by atoms with Gasteiger partial charge in [-0.05, 0) is 60.2 Å². The molecule has 0 spiro atoms. The second-order valence-corrected chi connectivity index (χ2v) is 10.2. The fourth-order valence-corrected chi connectivity index (χ4v) is 4.64. The summed E-state index contributed by atoms with van der Waals surface area (Å²) in [5.74, 6) is 0.559. The first kappa shape index (κ1) is 33.1. The second kappa shape index (κ2) is 16.9. The minimum absolute atomic E-state index is 0.230. The number of rotatable bonds is 16. The van der Waals surface area contributed by atoms with E-state index in [1.807, 2.05) is 54.6 Å². The van der Waals surface area contributed by atoms with Crippen molar-refractivity contribution in [1.29, 1.82) is 0 Å². The van der Waals surface area contributed by atoms with Crippen LogP contribution in [-0.4, -0.2) is 70.5 Å². The summed E-state index contributed by atoms with van der Waals surface area (Å²) in [7, 11) is 6.21. The van der Waals surface area contributed by atoms with Gasteiger partial charge in [-0.1, -0.05) is 42.5 Å². The first-order valence-electron chi connectivity index (χ1n) is 13.8. The summed E-state index contributed by atoms with van der Waals surface area (Å²) in [5.41, 5.74) is 2.71. The van der Waals surface area contributed by atoms with Crippen molar-refractivity contribution in [3.05, 3.63) is 83.4 Å². The van der Waals surface area contributed by atoms with Gasteiger partial charge in [0, 0.05) is 13.1 Å². The highest BCUT2D eigenvalue weighted by Gasteiger charge is 2.30. The molecule has 3 rings (SSSR count). The minimum Gasteiger partial charge on any atom is -0.493 e. The van der Waals surface area contributed by atoms with Gasteiger partial charge in [-0.2, -0.15) is 12.6 Å². The number of carbonyl (C=O) groups excluding carboxylic acids is 3. The van der Waals surface area contributed by atoms with Crippen molar-refractivity contribution in [2.45, 2.75) is 30.6 Å². The Bertz CT molecular complexity index is 1300. The number of nitrogens with one attached hydrogen (secondary N) is 3. The lowest BCUT2D eigenvalue weighted by Crippen LogP contribution is -2.57. The van der Waals surface area contributed by atoms with Gasteiger partial charge in [0.2, 0.25) is 5.91 Å². The number of hydrogen-bond acceptors (Lipinski definition) is 8. The first-order valence-corrected chi connectivity index (χ1v) is 14.3. The highest BCUT2D eigenvalue weighted by atomic mass is 32.1. The van der Waals surface area contributed by atoms with Gasteiger partial charge in [-0.3, -0.25) is 14.4 Å². The van der Waals surface area contributed by atoms with Gasteiger partial charge in [0.15, 0.2) is 29.0 Å². The van der Waals surface area contributed by atoms with Crippen LogP contribution < -0.4 is 34.9 Å². The van der Waals surface area contributed by atoms with Crippen LogP contribution in [0.2, 0.25) is 0 Å². The zero-order valence-corrected chi connectivity index (χ0v) is 25.7. The maximum Gasteiger partial charge on any atom is 0.252 e. The Morgan fingerprint density at radius 1 is 0.628 bits per heavy atom. The molecule has 1 atom stereocenters. The molecule has 11 heteroatoms. The molecule has 3 amide bonds. The molecule has 230 valence electrons. The third-order valence-electron chi connectivity index (χ3n) is 6.71. The molecule has 0 aliphatic heterocycles. The van der Waals surface area contributed by atoms with Gasteiger partial charge in [0.1, 0.15) is 0 Å². The molecule has 0 aliphatic carbocycles. The average Bonchev–Trinajstić information content (AvgIpc) is 3.03. The molecule has 0 saturated heterocycles. The van der Waals surface area contributed by atoms with Crippen LogP contribution in [-0.2, 0) is 33.6 Å². The first-order chi connectivity index (χ1) is 20.8. The van der Waals surface area contributed by atoms with E-state index in [-0.39, 0.29) is 13.1 Å². The summed E-state index contributed by atoms with van der Waals surface area (Å²) in [4.78, 5) is 39.5. The van der Waals surface area contributed by atoms with Crippen LogP contribution in [0.4, 0.5) is 0 Å². The Morgan fingerprint density at radius 2 is 1.09 bits per heavy atom. The summed E-state index contributed by atoms with van der Waals surface area (Å²) < 4.78 is 21.2. The lowest BCUT2D eigenvalue weighted by atomic mass is 10.1. The summed E-state index contributed by atoms with van der Waals surface area (Å²) in [6, 6.07) is 18.9. The Hall–Kier alpha value is -4.38. The zero-order chi connectivity index (χ0) is 31.2. The van der Waals surface area contributed by atoms with E-state index in [0.717, 1.165) is 16.7 Å². The van der Waals surface area contributed by atoms with E-state index < -0.39 is 29.0 Å². The maximum absolute atomic E-state index is 13.2. The van der Waals surface area contributed by atoms with Crippen LogP contribution >= 0.6 is 12.6 Å². The van der Waals surface area contributed by atoms with Gasteiger partial charge in [-0.25, -0.2) is 0 Å². The van der Waals surface area contributed by atoms with Crippen molar-refractivity contribution in [3.8, 4) is 23.0 Å². The number of methoxy groups -OCH3 is 4. The van der Waals surface area contributed by atoms with E-state index in [2.05, 4.69) is 28.6 Å². The van der Waals surface area contributed by atoms with E-state index in [0.29, 0.717) is 42.3 Å². The maximum atomic E-state index is 13.2. The summed E-state index contributed by atoms with van der Waals surface area (Å²) in [5, 5.41) is 7.36. The van der Waals surface area contributed by atoms with E-state index in [9.17, 15) is 14.4 Å². The van der Waals surface area contributed by atoms with Crippen LogP contribution in [0.3, 0.4) is 0 Å². The predicted molar refractivity (Wildman–Crippen MR) is 167 cm³/mol. The molecule has 3 aromatic carbocycles. The fourth-order valence-electron chi connectivity index (χ4n) is 4.36. The number of carbonyl (C=O) groups is 3. The monoisotopic (exact) mass is 609 g/mol. The van der Waals surface area contributed by atoms with Crippen molar-refractivity contribution in [2.75, 3.05) is 41.5 Å². The van der Waals surface area contributed by atoms with Gasteiger partial charge < -0.3 is 34.9 Å². The SMILES string of the molecule is COc1ccc(CCNC(=O)C(NC(=O)[C@@H](S)Cc2ccccc2)C(=O)NCCc2ccc(OC)c(OC)c2)cc1OC. The average molecular weight is 610 g/mol. The molecule has 0 saturated carbocycles. The second-order valence-electron chi connectivity index (χ2n) is 9.61. The minimum atomic E-state index is -1.45. The van der Waals surface area contributed by atoms with Crippen molar-refractivity contribution in [3.63, 3.8) is 0 Å². The number of ether oxygens (including phenoxy) is 4. The van der Waals surface area contributed by atoms with Gasteiger partial charge >= 0.3 is 0 Å². The van der Waals surface area contributed by atoms with Crippen LogP contribution in [0.1, 0.15) is 16.7 Å². The van der Waals surface area contributed by atoms with Crippen LogP contribution in [0.25, 0.3) is 0 Å². The number of benzene rings is 3. The van der Waals surface area contributed by atoms with Gasteiger partial charge in [0.05, 0.1) is 33.7 Å². The van der Waals surface area contributed by atoms with Crippen LogP contribution in [0, 0.1) is 0 Å². The molecule has 0 heterocycles. The molecule has 3 aromatic rings. The molecular formula is C32H39N3O7S.